The molecule has 9 heteroatoms. The molecule has 0 bridgehead atoms. The van der Waals surface area contributed by atoms with Crippen molar-refractivity contribution in [1.82, 2.24) is 4.90 Å². The number of likely N-dealkylation sites (tertiary alicyclic amines) is 1. The molecule has 0 unspecified atom stereocenters. The molecular formula is C25H34ClN5O3. The Morgan fingerprint density at radius 2 is 1.68 bits per heavy atom. The average Bonchev–Trinajstić information content (AvgIpc) is 3.07. The number of aryl methyl sites for hydroxylation is 1. The van der Waals surface area contributed by atoms with E-state index in [1.807, 2.05) is 47.4 Å². The topological polar surface area (TPSA) is 137 Å². The van der Waals surface area contributed by atoms with Crippen molar-refractivity contribution < 1.29 is 14.3 Å². The van der Waals surface area contributed by atoms with Crippen LogP contribution in [0.15, 0.2) is 59.6 Å². The quantitative estimate of drug-likeness (QED) is 0.310. The van der Waals surface area contributed by atoms with E-state index in [-0.39, 0.29) is 42.7 Å². The Balaban J connectivity index is 0.00000408. The fourth-order valence-electron chi connectivity index (χ4n) is 4.19. The minimum atomic E-state index is -0.449. The fraction of sp³-hybridized carbons (Fsp3) is 0.400. The first kappa shape index (κ1) is 27.0. The number of amides is 2. The number of hydrogen-bond acceptors (Lipinski definition) is 4. The first-order chi connectivity index (χ1) is 15.9. The van der Waals surface area contributed by atoms with Gasteiger partial charge in [0.05, 0.1) is 6.04 Å². The van der Waals surface area contributed by atoms with Crippen LogP contribution >= 0.6 is 12.4 Å². The monoisotopic (exact) mass is 487 g/mol. The summed E-state index contributed by atoms with van der Waals surface area (Å²) in [6, 6.07) is 17.9. The average molecular weight is 488 g/mol. The fourth-order valence-corrected chi connectivity index (χ4v) is 4.19. The minimum Gasteiger partial charge on any atom is -0.491 e. The zero-order chi connectivity index (χ0) is 23.6. The lowest BCUT2D eigenvalue weighted by Crippen LogP contribution is -2.38. The molecule has 8 nitrogen and oxygen atoms in total. The van der Waals surface area contributed by atoms with Crippen LogP contribution in [-0.4, -0.2) is 48.4 Å². The molecule has 0 radical (unpaired) electrons. The van der Waals surface area contributed by atoms with Crippen LogP contribution in [0.2, 0.25) is 0 Å². The van der Waals surface area contributed by atoms with Gasteiger partial charge in [0, 0.05) is 25.4 Å². The third-order valence-corrected chi connectivity index (χ3v) is 5.85. The van der Waals surface area contributed by atoms with E-state index in [0.717, 1.165) is 30.6 Å². The van der Waals surface area contributed by atoms with E-state index in [4.69, 9.17) is 21.9 Å². The Morgan fingerprint density at radius 1 is 1.00 bits per heavy atom. The van der Waals surface area contributed by atoms with Crippen LogP contribution in [0, 0.1) is 5.92 Å². The molecule has 0 aliphatic carbocycles. The highest BCUT2D eigenvalue weighted by atomic mass is 35.5. The molecule has 1 aliphatic heterocycles. The van der Waals surface area contributed by atoms with Gasteiger partial charge < -0.3 is 26.8 Å². The Bertz CT molecular complexity index is 949. The second-order valence-corrected chi connectivity index (χ2v) is 8.39. The normalized spacial score (nSPS) is 17.2. The summed E-state index contributed by atoms with van der Waals surface area (Å²) in [4.78, 5) is 30.2. The van der Waals surface area contributed by atoms with Crippen molar-refractivity contribution >= 4 is 30.2 Å². The molecule has 2 amide bonds. The predicted molar refractivity (Wildman–Crippen MR) is 136 cm³/mol. The summed E-state index contributed by atoms with van der Waals surface area (Å²) >= 11 is 0. The minimum absolute atomic E-state index is 0. The number of aliphatic imine (C=N–C) groups is 1. The molecule has 0 saturated carbocycles. The molecule has 0 aromatic heterocycles. The molecule has 1 saturated heterocycles. The Morgan fingerprint density at radius 3 is 2.32 bits per heavy atom. The van der Waals surface area contributed by atoms with E-state index in [2.05, 4.69) is 17.1 Å². The van der Waals surface area contributed by atoms with E-state index in [1.54, 1.807) is 0 Å². The predicted octanol–water partition coefficient (Wildman–Crippen LogP) is 2.03. The smallest absolute Gasteiger partial charge is 0.226 e. The van der Waals surface area contributed by atoms with Gasteiger partial charge >= 0.3 is 0 Å². The van der Waals surface area contributed by atoms with Gasteiger partial charge in [0.1, 0.15) is 12.4 Å². The molecule has 3 rings (SSSR count). The number of hydrogen-bond donors (Lipinski definition) is 3. The number of guanidine groups is 1. The molecule has 34 heavy (non-hydrogen) atoms. The van der Waals surface area contributed by atoms with Crippen LogP contribution in [0.5, 0.6) is 5.75 Å². The number of carbonyl (C=O) groups excluding carboxylic acids is 2. The molecule has 6 N–H and O–H groups in total. The maximum absolute atomic E-state index is 12.9. The summed E-state index contributed by atoms with van der Waals surface area (Å²) in [5.41, 5.74) is 18.4. The summed E-state index contributed by atoms with van der Waals surface area (Å²) in [7, 11) is 0. The van der Waals surface area contributed by atoms with Crippen LogP contribution in [-0.2, 0) is 22.4 Å². The van der Waals surface area contributed by atoms with Crippen molar-refractivity contribution in [3.63, 3.8) is 0 Å². The molecular weight excluding hydrogens is 454 g/mol. The number of nitrogens with zero attached hydrogens (tertiary/aromatic N) is 2. The molecule has 184 valence electrons. The molecule has 0 spiro atoms. The van der Waals surface area contributed by atoms with E-state index in [1.165, 1.54) is 5.56 Å². The highest BCUT2D eigenvalue weighted by molar-refractivity contribution is 5.87. The van der Waals surface area contributed by atoms with Crippen LogP contribution in [0.3, 0.4) is 0 Å². The Kier molecular flexibility index (Phi) is 10.7. The van der Waals surface area contributed by atoms with Gasteiger partial charge in [-0.2, -0.15) is 0 Å². The van der Waals surface area contributed by atoms with Crippen LogP contribution in [0.1, 0.15) is 30.4 Å². The van der Waals surface area contributed by atoms with Crippen LogP contribution in [0.4, 0.5) is 0 Å². The van der Waals surface area contributed by atoms with Gasteiger partial charge in [0.15, 0.2) is 5.96 Å². The van der Waals surface area contributed by atoms with Crippen LogP contribution in [0.25, 0.3) is 0 Å². The first-order valence-corrected chi connectivity index (χ1v) is 11.3. The summed E-state index contributed by atoms with van der Waals surface area (Å²) < 4.78 is 6.01. The van der Waals surface area contributed by atoms with E-state index in [9.17, 15) is 9.59 Å². The van der Waals surface area contributed by atoms with Gasteiger partial charge in [-0.15, -0.1) is 12.4 Å². The standard InChI is InChI=1S/C25H33N5O3.ClH/c26-23(31)16-20-15-21(30(24(20)32)14-4-7-18-5-2-1-3-6-18)17-33-22-10-8-19(9-11-22)12-13-29-25(27)28;/h1-3,5-6,8-11,20-21H,4,7,12-17H2,(H2,26,31)(H4,27,28,29);1H/t20-,21-;/m0./s1. The maximum atomic E-state index is 12.9. The highest BCUT2D eigenvalue weighted by Crippen LogP contribution is 2.28. The van der Waals surface area contributed by atoms with Crippen molar-refractivity contribution in [3.05, 3.63) is 65.7 Å². The molecule has 2 atom stereocenters. The molecule has 1 fully saturated rings. The zero-order valence-corrected chi connectivity index (χ0v) is 20.1. The lowest BCUT2D eigenvalue weighted by Gasteiger charge is -2.25. The number of nitrogens with two attached hydrogens (primary N) is 3. The van der Waals surface area contributed by atoms with Gasteiger partial charge in [-0.25, -0.2) is 0 Å². The molecule has 2 aromatic carbocycles. The SMILES string of the molecule is Cl.NC(=O)C[C@@H]1C[C@@H](COc2ccc(CCN=C(N)N)cc2)N(CCCc2ccccc2)C1=O. The van der Waals surface area contributed by atoms with Gasteiger partial charge in [-0.1, -0.05) is 42.5 Å². The van der Waals surface area contributed by atoms with Crippen molar-refractivity contribution in [3.8, 4) is 5.75 Å². The number of primary amides is 1. The van der Waals surface area contributed by atoms with E-state index >= 15 is 0 Å². The number of halogens is 1. The maximum Gasteiger partial charge on any atom is 0.226 e. The lowest BCUT2D eigenvalue weighted by atomic mass is 10.0. The number of benzene rings is 2. The number of rotatable bonds is 12. The molecule has 1 heterocycles. The molecule has 1 aliphatic rings. The lowest BCUT2D eigenvalue weighted by molar-refractivity contribution is -0.134. The van der Waals surface area contributed by atoms with Gasteiger partial charge in [0.2, 0.25) is 11.8 Å². The Labute approximate surface area is 206 Å². The highest BCUT2D eigenvalue weighted by Gasteiger charge is 2.40. The van der Waals surface area contributed by atoms with Gasteiger partial charge in [0.25, 0.3) is 0 Å². The molecule has 2 aromatic rings. The summed E-state index contributed by atoms with van der Waals surface area (Å²) in [6.45, 7) is 1.53. The summed E-state index contributed by atoms with van der Waals surface area (Å²) in [6.07, 6.45) is 3.12. The van der Waals surface area contributed by atoms with Gasteiger partial charge in [-0.05, 0) is 48.9 Å². The first-order valence-electron chi connectivity index (χ1n) is 11.3. The van der Waals surface area contributed by atoms with Crippen molar-refractivity contribution in [2.45, 2.75) is 38.1 Å². The van der Waals surface area contributed by atoms with E-state index < -0.39 is 5.91 Å². The number of carbonyl (C=O) groups is 2. The zero-order valence-electron chi connectivity index (χ0n) is 19.3. The third kappa shape index (κ3) is 8.26. The van der Waals surface area contributed by atoms with Crippen LogP contribution < -0.4 is 21.9 Å². The summed E-state index contributed by atoms with van der Waals surface area (Å²) in [5.74, 6) is -0.00796. The second kappa shape index (κ2) is 13.4. The Hall–Kier alpha value is -3.26. The second-order valence-electron chi connectivity index (χ2n) is 8.39. The van der Waals surface area contributed by atoms with Gasteiger partial charge in [-0.3, -0.25) is 14.6 Å². The van der Waals surface area contributed by atoms with Crippen molar-refractivity contribution in [2.24, 2.45) is 28.1 Å². The summed E-state index contributed by atoms with van der Waals surface area (Å²) in [5, 5.41) is 0. The van der Waals surface area contributed by atoms with Crippen molar-refractivity contribution in [2.75, 3.05) is 19.7 Å². The third-order valence-electron chi connectivity index (χ3n) is 5.85. The number of ether oxygens (including phenoxy) is 1. The largest absolute Gasteiger partial charge is 0.491 e. The van der Waals surface area contributed by atoms with E-state index in [0.29, 0.717) is 26.1 Å². The van der Waals surface area contributed by atoms with Crippen molar-refractivity contribution in [1.29, 1.82) is 0 Å².